The molecule has 1 aromatic carbocycles. The molecule has 2 aromatic rings. The molecule has 1 atom stereocenters. The molecule has 8 nitrogen and oxygen atoms in total. The largest absolute Gasteiger partial charge is 0.411 e. The molecule has 11 heteroatoms. The van der Waals surface area contributed by atoms with E-state index in [0.29, 0.717) is 24.9 Å². The molecule has 0 N–H and O–H groups in total. The van der Waals surface area contributed by atoms with Gasteiger partial charge in [-0.05, 0) is 37.5 Å². The second-order valence-electron chi connectivity index (χ2n) is 5.96. The zero-order chi connectivity index (χ0) is 18.9. The molecule has 0 amide bonds. The van der Waals surface area contributed by atoms with Gasteiger partial charge in [0.25, 0.3) is 0 Å². The monoisotopic (exact) mass is 403 g/mol. The van der Waals surface area contributed by atoms with Crippen LogP contribution in [0.25, 0.3) is 0 Å². The van der Waals surface area contributed by atoms with Crippen LogP contribution in [0.2, 0.25) is 0 Å². The number of sulfonamides is 1. The van der Waals surface area contributed by atoms with Crippen LogP contribution >= 0.6 is 0 Å². The normalized spacial score (nSPS) is 19.1. The number of nitrogens with zero attached hydrogens (tertiary/aromatic N) is 3. The number of aromatic nitrogens is 2. The van der Waals surface area contributed by atoms with E-state index in [1.54, 1.807) is 0 Å². The SMILES string of the molecule is CCS(=O)(=O)N1CCC[C@H]1c1nnc(S(=O)(=O)Cc2ccc(F)cc2)o1. The molecule has 2 heterocycles. The Morgan fingerprint density at radius 2 is 1.88 bits per heavy atom. The minimum absolute atomic E-state index is 0.0304. The smallest absolute Gasteiger partial charge is 0.335 e. The summed E-state index contributed by atoms with van der Waals surface area (Å²) in [5, 5.41) is 6.77. The number of hydrogen-bond acceptors (Lipinski definition) is 7. The summed E-state index contributed by atoms with van der Waals surface area (Å²) in [5.41, 5.74) is 0.377. The molecule has 3 rings (SSSR count). The highest BCUT2D eigenvalue weighted by Crippen LogP contribution is 2.34. The minimum atomic E-state index is -3.92. The third-order valence-electron chi connectivity index (χ3n) is 4.17. The highest BCUT2D eigenvalue weighted by molar-refractivity contribution is 7.90. The van der Waals surface area contributed by atoms with Crippen LogP contribution in [-0.2, 0) is 25.6 Å². The summed E-state index contributed by atoms with van der Waals surface area (Å²) in [7, 11) is -7.38. The summed E-state index contributed by atoms with van der Waals surface area (Å²) in [6.07, 6.45) is 1.11. The van der Waals surface area contributed by atoms with Gasteiger partial charge in [0.2, 0.25) is 25.8 Å². The second-order valence-corrected chi connectivity index (χ2v) is 10.0. The van der Waals surface area contributed by atoms with Gasteiger partial charge in [-0.2, -0.15) is 4.31 Å². The van der Waals surface area contributed by atoms with Crippen molar-refractivity contribution in [2.45, 2.75) is 36.8 Å². The minimum Gasteiger partial charge on any atom is -0.411 e. The van der Waals surface area contributed by atoms with E-state index in [0.717, 1.165) is 12.1 Å². The first kappa shape index (κ1) is 18.9. The molecule has 0 spiro atoms. The van der Waals surface area contributed by atoms with E-state index in [-0.39, 0.29) is 11.6 Å². The van der Waals surface area contributed by atoms with Crippen molar-refractivity contribution < 1.29 is 25.6 Å². The molecule has 142 valence electrons. The first-order valence-electron chi connectivity index (χ1n) is 8.03. The predicted octanol–water partition coefficient (Wildman–Crippen LogP) is 1.67. The molecule has 0 radical (unpaired) electrons. The molecule has 0 bridgehead atoms. The summed E-state index contributed by atoms with van der Waals surface area (Å²) in [6.45, 7) is 1.87. The van der Waals surface area contributed by atoms with Crippen molar-refractivity contribution in [3.63, 3.8) is 0 Å². The summed E-state index contributed by atoms with van der Waals surface area (Å²) in [5.74, 6) is -0.980. The number of halogens is 1. The van der Waals surface area contributed by atoms with E-state index in [1.165, 1.54) is 23.4 Å². The summed E-state index contributed by atoms with van der Waals surface area (Å²) >= 11 is 0. The second kappa shape index (κ2) is 7.05. The Labute approximate surface area is 151 Å². The number of benzene rings is 1. The summed E-state index contributed by atoms with van der Waals surface area (Å²) in [6, 6.07) is 4.39. The van der Waals surface area contributed by atoms with Crippen molar-refractivity contribution in [3.8, 4) is 0 Å². The molecule has 1 fully saturated rings. The summed E-state index contributed by atoms with van der Waals surface area (Å²) < 4.78 is 68.7. The van der Waals surface area contributed by atoms with E-state index in [4.69, 9.17) is 4.42 Å². The van der Waals surface area contributed by atoms with Gasteiger partial charge in [-0.1, -0.05) is 17.2 Å². The van der Waals surface area contributed by atoms with Crippen molar-refractivity contribution in [1.29, 1.82) is 0 Å². The highest BCUT2D eigenvalue weighted by Gasteiger charge is 2.38. The quantitative estimate of drug-likeness (QED) is 0.721. The standard InChI is InChI=1S/C15H18FN3O5S2/c1-2-26(22,23)19-9-3-4-13(19)14-17-18-15(24-14)25(20,21)10-11-5-7-12(16)8-6-11/h5-8,13H,2-4,9-10H2,1H3/t13-/m0/s1. The van der Waals surface area contributed by atoms with E-state index < -0.39 is 42.7 Å². The van der Waals surface area contributed by atoms with Crippen LogP contribution in [0.3, 0.4) is 0 Å². The Kier molecular flexibility index (Phi) is 5.13. The lowest BCUT2D eigenvalue weighted by Gasteiger charge is -2.20. The van der Waals surface area contributed by atoms with Crippen LogP contribution in [0.4, 0.5) is 4.39 Å². The third kappa shape index (κ3) is 3.79. The Balaban J connectivity index is 1.83. The lowest BCUT2D eigenvalue weighted by Crippen LogP contribution is -2.32. The lowest BCUT2D eigenvalue weighted by molar-refractivity contribution is 0.303. The van der Waals surface area contributed by atoms with Crippen molar-refractivity contribution in [2.75, 3.05) is 12.3 Å². The Morgan fingerprint density at radius 3 is 2.54 bits per heavy atom. The van der Waals surface area contributed by atoms with Crippen LogP contribution in [0, 0.1) is 5.82 Å². The highest BCUT2D eigenvalue weighted by atomic mass is 32.2. The molecular weight excluding hydrogens is 385 g/mol. The van der Waals surface area contributed by atoms with Crippen molar-refractivity contribution in [2.24, 2.45) is 0 Å². The van der Waals surface area contributed by atoms with Crippen LogP contribution in [0.5, 0.6) is 0 Å². The molecule has 1 aromatic heterocycles. The van der Waals surface area contributed by atoms with Gasteiger partial charge in [-0.25, -0.2) is 21.2 Å². The van der Waals surface area contributed by atoms with Crippen LogP contribution < -0.4 is 0 Å². The van der Waals surface area contributed by atoms with E-state index in [2.05, 4.69) is 10.2 Å². The zero-order valence-corrected chi connectivity index (χ0v) is 15.6. The van der Waals surface area contributed by atoms with E-state index in [9.17, 15) is 21.2 Å². The van der Waals surface area contributed by atoms with Gasteiger partial charge in [0.15, 0.2) is 0 Å². The maximum atomic E-state index is 12.9. The van der Waals surface area contributed by atoms with Gasteiger partial charge in [0, 0.05) is 6.54 Å². The number of rotatable bonds is 6. The number of sulfone groups is 1. The number of hydrogen-bond donors (Lipinski definition) is 0. The average molecular weight is 403 g/mol. The molecular formula is C15H18FN3O5S2. The molecule has 0 unspecified atom stereocenters. The fourth-order valence-corrected chi connectivity index (χ4v) is 5.28. The molecule has 0 saturated carbocycles. The van der Waals surface area contributed by atoms with Gasteiger partial charge < -0.3 is 4.42 Å². The fraction of sp³-hybridized carbons (Fsp3) is 0.467. The third-order valence-corrected chi connectivity index (χ3v) is 7.46. The van der Waals surface area contributed by atoms with Gasteiger partial charge in [-0.15, -0.1) is 5.10 Å². The maximum absolute atomic E-state index is 12.9. The molecule has 1 aliphatic heterocycles. The Morgan fingerprint density at radius 1 is 1.19 bits per heavy atom. The predicted molar refractivity (Wildman–Crippen MR) is 89.7 cm³/mol. The van der Waals surface area contributed by atoms with Crippen molar-refractivity contribution in [1.82, 2.24) is 14.5 Å². The topological polar surface area (TPSA) is 110 Å². The van der Waals surface area contributed by atoms with Crippen molar-refractivity contribution in [3.05, 3.63) is 41.5 Å². The Bertz CT molecular complexity index is 987. The molecule has 1 saturated heterocycles. The zero-order valence-electron chi connectivity index (χ0n) is 14.0. The molecule has 0 aliphatic carbocycles. The van der Waals surface area contributed by atoms with Crippen LogP contribution in [0.15, 0.2) is 33.9 Å². The van der Waals surface area contributed by atoms with Gasteiger partial charge in [-0.3, -0.25) is 0 Å². The van der Waals surface area contributed by atoms with Crippen molar-refractivity contribution >= 4 is 19.9 Å². The first-order valence-corrected chi connectivity index (χ1v) is 11.3. The van der Waals surface area contributed by atoms with Crippen LogP contribution in [-0.4, -0.2) is 43.6 Å². The van der Waals surface area contributed by atoms with E-state index >= 15 is 0 Å². The van der Waals surface area contributed by atoms with Gasteiger partial charge in [0.05, 0.1) is 11.5 Å². The fourth-order valence-electron chi connectivity index (χ4n) is 2.83. The first-order chi connectivity index (χ1) is 12.2. The van der Waals surface area contributed by atoms with Gasteiger partial charge >= 0.3 is 5.22 Å². The van der Waals surface area contributed by atoms with Crippen LogP contribution in [0.1, 0.15) is 37.3 Å². The van der Waals surface area contributed by atoms with E-state index in [1.807, 2.05) is 0 Å². The lowest BCUT2D eigenvalue weighted by atomic mass is 10.2. The average Bonchev–Trinajstić information content (AvgIpc) is 3.26. The summed E-state index contributed by atoms with van der Waals surface area (Å²) in [4.78, 5) is 0. The maximum Gasteiger partial charge on any atom is 0.335 e. The Hall–Kier alpha value is -1.85. The van der Waals surface area contributed by atoms with Gasteiger partial charge in [0.1, 0.15) is 11.9 Å². The molecule has 26 heavy (non-hydrogen) atoms. The molecule has 1 aliphatic rings.